The summed E-state index contributed by atoms with van der Waals surface area (Å²) in [7, 11) is 0. The number of ether oxygens (including phenoxy) is 3. The number of likely N-dealkylation sites (tertiary alicyclic amines) is 1. The molecule has 36 heavy (non-hydrogen) atoms. The van der Waals surface area contributed by atoms with Crippen molar-refractivity contribution in [3.63, 3.8) is 0 Å². The number of fused-ring (bicyclic) bond motifs is 1. The van der Waals surface area contributed by atoms with Crippen LogP contribution < -0.4 is 15.2 Å². The highest BCUT2D eigenvalue weighted by Crippen LogP contribution is 2.43. The Hall–Kier alpha value is -1.78. The molecule has 4 rings (SSSR count). The second-order valence-electron chi connectivity index (χ2n) is 9.17. The van der Waals surface area contributed by atoms with Crippen molar-refractivity contribution in [3.8, 4) is 11.5 Å². The molecular formula is C27H36Br2N2O5. The average molecular weight is 628 g/mol. The molecule has 2 aromatic rings. The average Bonchev–Trinajstić information content (AvgIpc) is 2.84. The fourth-order valence-electron chi connectivity index (χ4n) is 5.10. The zero-order valence-electron chi connectivity index (χ0n) is 20.8. The highest BCUT2D eigenvalue weighted by molar-refractivity contribution is 8.93. The van der Waals surface area contributed by atoms with Crippen molar-refractivity contribution in [3.05, 3.63) is 59.2 Å². The van der Waals surface area contributed by atoms with Crippen LogP contribution in [0.2, 0.25) is 0 Å². The summed E-state index contributed by atoms with van der Waals surface area (Å²) in [6.45, 7) is 6.12. The largest absolute Gasteiger partial charge is 0.423 e. The minimum atomic E-state index is -0.463. The molecule has 0 spiro atoms. The fraction of sp³-hybridized carbons (Fsp3) is 0.481. The lowest BCUT2D eigenvalue weighted by molar-refractivity contribution is -0.134. The third kappa shape index (κ3) is 7.61. The molecular weight excluding hydrogens is 592 g/mol. The Bertz CT molecular complexity index is 1010. The first-order valence-corrected chi connectivity index (χ1v) is 12.1. The molecule has 0 unspecified atom stereocenters. The zero-order chi connectivity index (χ0) is 24.1. The molecule has 2 heterocycles. The molecule has 2 N–H and O–H groups in total. The summed E-state index contributed by atoms with van der Waals surface area (Å²) in [4.78, 5) is 26.0. The Morgan fingerprint density at radius 3 is 2.28 bits per heavy atom. The molecule has 0 aromatic heterocycles. The second-order valence-corrected chi connectivity index (χ2v) is 9.17. The Morgan fingerprint density at radius 2 is 1.67 bits per heavy atom. The van der Waals surface area contributed by atoms with E-state index in [0.29, 0.717) is 24.6 Å². The number of halogens is 2. The first-order chi connectivity index (χ1) is 16.4. The van der Waals surface area contributed by atoms with Crippen LogP contribution in [0, 0.1) is 5.92 Å². The Kier molecular flexibility index (Phi) is 12.0. The maximum atomic E-state index is 11.8. The molecule has 1 saturated heterocycles. The monoisotopic (exact) mass is 626 g/mol. The van der Waals surface area contributed by atoms with E-state index in [2.05, 4.69) is 29.2 Å². The Balaban J connectivity index is 0.00000228. The quantitative estimate of drug-likeness (QED) is 0.355. The van der Waals surface area contributed by atoms with E-state index in [-0.39, 0.29) is 51.9 Å². The van der Waals surface area contributed by atoms with Crippen molar-refractivity contribution in [1.29, 1.82) is 0 Å². The second kappa shape index (κ2) is 14.2. The summed E-state index contributed by atoms with van der Waals surface area (Å²) >= 11 is 0. The summed E-state index contributed by atoms with van der Waals surface area (Å²) in [5, 5.41) is 0. The van der Waals surface area contributed by atoms with Gasteiger partial charge in [-0.15, -0.1) is 34.0 Å². The molecule has 198 valence electrons. The number of carbonyl (C=O) groups is 2. The van der Waals surface area contributed by atoms with Gasteiger partial charge in [0, 0.05) is 38.9 Å². The SMILES string of the molecule is Br.Br.CC(=O)Oc1ccc2c(c1OC(C)=O)C[C@@H](C1CCN(CCc3ccccc3)CC1)O[C@H]2CN. The number of piperidine rings is 1. The van der Waals surface area contributed by atoms with Crippen LogP contribution in [0.5, 0.6) is 11.5 Å². The summed E-state index contributed by atoms with van der Waals surface area (Å²) in [6, 6.07) is 14.1. The van der Waals surface area contributed by atoms with Crippen LogP contribution in [0.3, 0.4) is 0 Å². The lowest BCUT2D eigenvalue weighted by atomic mass is 9.83. The molecule has 2 aromatic carbocycles. The standard InChI is InChI=1S/C27H34N2O5.2BrH/c1-18(30)32-24-9-8-22-23(27(24)33-19(2)31)16-25(34-26(22)17-28)21-11-14-29(15-12-21)13-10-20-6-4-3-5-7-20;;/h3-9,21,25-26H,10-17,28H2,1-2H3;2*1H/t25-,26-;;/m0../s1. The van der Waals surface area contributed by atoms with Gasteiger partial charge in [-0.1, -0.05) is 36.4 Å². The molecule has 2 atom stereocenters. The van der Waals surface area contributed by atoms with Crippen molar-refractivity contribution >= 4 is 45.9 Å². The number of esters is 2. The van der Waals surface area contributed by atoms with Crippen molar-refractivity contribution in [2.75, 3.05) is 26.2 Å². The van der Waals surface area contributed by atoms with Gasteiger partial charge in [-0.3, -0.25) is 9.59 Å². The van der Waals surface area contributed by atoms with E-state index in [1.54, 1.807) is 6.07 Å². The summed E-state index contributed by atoms with van der Waals surface area (Å²) in [5.41, 5.74) is 9.18. The predicted octanol–water partition coefficient (Wildman–Crippen LogP) is 4.59. The number of hydrogen-bond acceptors (Lipinski definition) is 7. The smallest absolute Gasteiger partial charge is 0.308 e. The minimum absolute atomic E-state index is 0. The summed E-state index contributed by atoms with van der Waals surface area (Å²) < 4.78 is 17.3. The van der Waals surface area contributed by atoms with E-state index >= 15 is 0 Å². The molecule has 1 fully saturated rings. The van der Waals surface area contributed by atoms with Gasteiger partial charge in [0.05, 0.1) is 12.2 Å². The van der Waals surface area contributed by atoms with Gasteiger partial charge in [-0.05, 0) is 55.5 Å². The van der Waals surface area contributed by atoms with Crippen LogP contribution in [0.4, 0.5) is 0 Å². The van der Waals surface area contributed by atoms with Gasteiger partial charge < -0.3 is 24.8 Å². The lowest BCUT2D eigenvalue weighted by Crippen LogP contribution is -2.42. The van der Waals surface area contributed by atoms with Crippen LogP contribution in [0.1, 0.15) is 49.5 Å². The molecule has 9 heteroatoms. The fourth-order valence-corrected chi connectivity index (χ4v) is 5.10. The molecule has 0 amide bonds. The summed E-state index contributed by atoms with van der Waals surface area (Å²) in [6.07, 6.45) is 3.42. The van der Waals surface area contributed by atoms with Gasteiger partial charge in [-0.25, -0.2) is 0 Å². The number of nitrogens with two attached hydrogens (primary N) is 1. The highest BCUT2D eigenvalue weighted by atomic mass is 79.9. The predicted molar refractivity (Wildman–Crippen MR) is 149 cm³/mol. The van der Waals surface area contributed by atoms with Crippen LogP contribution in [0.15, 0.2) is 42.5 Å². The van der Waals surface area contributed by atoms with Crippen LogP contribution in [-0.2, 0) is 27.2 Å². The first kappa shape index (κ1) is 30.4. The van der Waals surface area contributed by atoms with Crippen molar-refractivity contribution in [1.82, 2.24) is 4.90 Å². The van der Waals surface area contributed by atoms with Gasteiger partial charge in [0.15, 0.2) is 11.5 Å². The molecule has 0 aliphatic carbocycles. The van der Waals surface area contributed by atoms with Crippen molar-refractivity contribution in [2.24, 2.45) is 11.7 Å². The third-order valence-electron chi connectivity index (χ3n) is 6.78. The number of benzene rings is 2. The maximum Gasteiger partial charge on any atom is 0.308 e. The number of nitrogens with zero attached hydrogens (tertiary/aromatic N) is 1. The van der Waals surface area contributed by atoms with E-state index in [0.717, 1.165) is 50.0 Å². The van der Waals surface area contributed by atoms with E-state index in [1.807, 2.05) is 12.1 Å². The van der Waals surface area contributed by atoms with Crippen LogP contribution in [-0.4, -0.2) is 49.1 Å². The van der Waals surface area contributed by atoms with Crippen molar-refractivity contribution < 1.29 is 23.8 Å². The van der Waals surface area contributed by atoms with Gasteiger partial charge in [0.1, 0.15) is 0 Å². The first-order valence-electron chi connectivity index (χ1n) is 12.1. The van der Waals surface area contributed by atoms with Crippen molar-refractivity contribution in [2.45, 2.75) is 51.7 Å². The zero-order valence-corrected chi connectivity index (χ0v) is 24.2. The lowest BCUT2D eigenvalue weighted by Gasteiger charge is -2.40. The van der Waals surface area contributed by atoms with Gasteiger partial charge >= 0.3 is 11.9 Å². The molecule has 0 bridgehead atoms. The van der Waals surface area contributed by atoms with Crippen LogP contribution in [0.25, 0.3) is 0 Å². The molecule has 0 radical (unpaired) electrons. The van der Waals surface area contributed by atoms with E-state index < -0.39 is 11.9 Å². The number of hydrogen-bond donors (Lipinski definition) is 1. The van der Waals surface area contributed by atoms with Gasteiger partial charge in [0.25, 0.3) is 0 Å². The Labute approximate surface area is 234 Å². The highest BCUT2D eigenvalue weighted by Gasteiger charge is 2.36. The molecule has 2 aliphatic heterocycles. The molecule has 7 nitrogen and oxygen atoms in total. The van der Waals surface area contributed by atoms with E-state index in [1.165, 1.54) is 19.4 Å². The molecule has 2 aliphatic rings. The Morgan fingerprint density at radius 1 is 1.00 bits per heavy atom. The van der Waals surface area contributed by atoms with E-state index in [9.17, 15) is 9.59 Å². The van der Waals surface area contributed by atoms with Gasteiger partial charge in [-0.2, -0.15) is 0 Å². The van der Waals surface area contributed by atoms with E-state index in [4.69, 9.17) is 19.9 Å². The minimum Gasteiger partial charge on any atom is -0.423 e. The van der Waals surface area contributed by atoms with Crippen LogP contribution >= 0.6 is 34.0 Å². The number of carbonyl (C=O) groups excluding carboxylic acids is 2. The normalized spacial score (nSPS) is 19.9. The third-order valence-corrected chi connectivity index (χ3v) is 6.78. The molecule has 0 saturated carbocycles. The van der Waals surface area contributed by atoms with Gasteiger partial charge in [0.2, 0.25) is 0 Å². The maximum absolute atomic E-state index is 11.8. The topological polar surface area (TPSA) is 91.1 Å². The number of rotatable bonds is 7. The summed E-state index contributed by atoms with van der Waals surface area (Å²) in [5.74, 6) is 0.0367.